The summed E-state index contributed by atoms with van der Waals surface area (Å²) in [5.74, 6) is 1.06. The zero-order chi connectivity index (χ0) is 20.9. The molecule has 0 aliphatic heterocycles. The molecule has 4 aromatic rings. The van der Waals surface area contributed by atoms with Gasteiger partial charge in [-0.15, -0.1) is 0 Å². The maximum Gasteiger partial charge on any atom is 0.266 e. The molecular formula is C24H22N2O3S. The van der Waals surface area contributed by atoms with E-state index in [9.17, 15) is 9.90 Å². The Bertz CT molecular complexity index is 1190. The van der Waals surface area contributed by atoms with Gasteiger partial charge in [0, 0.05) is 5.75 Å². The van der Waals surface area contributed by atoms with E-state index in [-0.39, 0.29) is 12.2 Å². The molecule has 0 radical (unpaired) electrons. The molecule has 6 heteroatoms. The van der Waals surface area contributed by atoms with Gasteiger partial charge in [-0.1, -0.05) is 59.8 Å². The Balaban J connectivity index is 1.60. The molecule has 0 amide bonds. The van der Waals surface area contributed by atoms with E-state index >= 15 is 0 Å². The minimum atomic E-state index is -0.704. The van der Waals surface area contributed by atoms with Crippen molar-refractivity contribution in [2.75, 3.05) is 12.4 Å². The highest BCUT2D eigenvalue weighted by molar-refractivity contribution is 7.99. The predicted octanol–water partition coefficient (Wildman–Crippen LogP) is 4.23. The first-order chi connectivity index (χ1) is 14.6. The monoisotopic (exact) mass is 418 g/mol. The predicted molar refractivity (Wildman–Crippen MR) is 121 cm³/mol. The van der Waals surface area contributed by atoms with Crippen LogP contribution in [0.25, 0.3) is 16.6 Å². The summed E-state index contributed by atoms with van der Waals surface area (Å²) in [4.78, 5) is 17.9. The number of benzene rings is 3. The highest BCUT2D eigenvalue weighted by atomic mass is 32.2. The molecule has 1 atom stereocenters. The maximum atomic E-state index is 13.2. The first kappa shape index (κ1) is 20.2. The van der Waals surface area contributed by atoms with Crippen molar-refractivity contribution in [2.45, 2.75) is 18.2 Å². The summed E-state index contributed by atoms with van der Waals surface area (Å²) in [6.07, 6.45) is -0.704. The average Bonchev–Trinajstić information content (AvgIpc) is 2.78. The molecule has 3 aromatic carbocycles. The number of hydrogen-bond donors (Lipinski definition) is 1. The number of nitrogens with zero attached hydrogens (tertiary/aromatic N) is 2. The van der Waals surface area contributed by atoms with Crippen LogP contribution in [0.3, 0.4) is 0 Å². The molecule has 0 unspecified atom stereocenters. The number of fused-ring (bicyclic) bond motifs is 1. The fourth-order valence-corrected chi connectivity index (χ4v) is 3.98. The van der Waals surface area contributed by atoms with Crippen molar-refractivity contribution < 1.29 is 9.84 Å². The molecule has 152 valence electrons. The van der Waals surface area contributed by atoms with Crippen molar-refractivity contribution >= 4 is 22.7 Å². The van der Waals surface area contributed by atoms with Crippen LogP contribution in [0.5, 0.6) is 5.75 Å². The Morgan fingerprint density at radius 1 is 1.00 bits per heavy atom. The van der Waals surface area contributed by atoms with Crippen molar-refractivity contribution in [2.24, 2.45) is 0 Å². The molecular weight excluding hydrogens is 396 g/mol. The van der Waals surface area contributed by atoms with Crippen LogP contribution in [0, 0.1) is 6.92 Å². The van der Waals surface area contributed by atoms with E-state index < -0.39 is 6.10 Å². The molecule has 1 N–H and O–H groups in total. The second-order valence-corrected chi connectivity index (χ2v) is 7.96. The van der Waals surface area contributed by atoms with E-state index in [4.69, 9.17) is 9.72 Å². The normalized spacial score (nSPS) is 12.1. The first-order valence-electron chi connectivity index (χ1n) is 9.69. The van der Waals surface area contributed by atoms with E-state index in [1.807, 2.05) is 79.7 Å². The van der Waals surface area contributed by atoms with Crippen molar-refractivity contribution in [1.82, 2.24) is 9.55 Å². The van der Waals surface area contributed by atoms with Crippen LogP contribution in [0.4, 0.5) is 0 Å². The molecule has 1 heterocycles. The second-order valence-electron chi connectivity index (χ2n) is 6.98. The Labute approximate surface area is 179 Å². The van der Waals surface area contributed by atoms with Crippen molar-refractivity contribution in [3.63, 3.8) is 0 Å². The molecule has 4 rings (SSSR count). The SMILES string of the molecule is Cc1ccc(-n2c(SC[C@@H](O)COc3ccccc3)nc3ccccc3c2=O)cc1. The van der Waals surface area contributed by atoms with Crippen molar-refractivity contribution in [3.05, 3.63) is 94.8 Å². The van der Waals surface area contributed by atoms with Gasteiger partial charge in [0.2, 0.25) is 0 Å². The third-order valence-corrected chi connectivity index (χ3v) is 5.71. The first-order valence-corrected chi connectivity index (χ1v) is 10.7. The fraction of sp³-hybridized carbons (Fsp3) is 0.167. The van der Waals surface area contributed by atoms with E-state index in [0.717, 1.165) is 11.3 Å². The Morgan fingerprint density at radius 3 is 2.47 bits per heavy atom. The van der Waals surface area contributed by atoms with Crippen molar-refractivity contribution in [1.29, 1.82) is 0 Å². The quantitative estimate of drug-likeness (QED) is 0.360. The topological polar surface area (TPSA) is 64.3 Å². The summed E-state index contributed by atoms with van der Waals surface area (Å²) in [5, 5.41) is 11.5. The van der Waals surface area contributed by atoms with E-state index in [1.165, 1.54) is 11.8 Å². The number of hydrogen-bond acceptors (Lipinski definition) is 5. The van der Waals surface area contributed by atoms with Gasteiger partial charge in [0.1, 0.15) is 12.4 Å². The maximum absolute atomic E-state index is 13.2. The summed E-state index contributed by atoms with van der Waals surface area (Å²) >= 11 is 1.34. The number of rotatable bonds is 7. The van der Waals surface area contributed by atoms with Crippen LogP contribution in [0.15, 0.2) is 88.8 Å². The minimum absolute atomic E-state index is 0.123. The molecule has 1 aromatic heterocycles. The summed E-state index contributed by atoms with van der Waals surface area (Å²) in [7, 11) is 0. The van der Waals surface area contributed by atoms with Gasteiger partial charge in [0.15, 0.2) is 5.16 Å². The minimum Gasteiger partial charge on any atom is -0.491 e. The van der Waals surface area contributed by atoms with Gasteiger partial charge >= 0.3 is 0 Å². The van der Waals surface area contributed by atoms with E-state index in [2.05, 4.69) is 0 Å². The fourth-order valence-electron chi connectivity index (χ4n) is 3.06. The Hall–Kier alpha value is -3.09. The van der Waals surface area contributed by atoms with Crippen LogP contribution < -0.4 is 10.3 Å². The smallest absolute Gasteiger partial charge is 0.266 e. The largest absolute Gasteiger partial charge is 0.491 e. The molecule has 0 aliphatic rings. The average molecular weight is 419 g/mol. The highest BCUT2D eigenvalue weighted by Gasteiger charge is 2.15. The number of aryl methyl sites for hydroxylation is 1. The van der Waals surface area contributed by atoms with E-state index in [1.54, 1.807) is 10.6 Å². The highest BCUT2D eigenvalue weighted by Crippen LogP contribution is 2.22. The summed E-state index contributed by atoms with van der Waals surface area (Å²) in [6.45, 7) is 2.17. The summed E-state index contributed by atoms with van der Waals surface area (Å²) in [6, 6.07) is 24.4. The number of thioether (sulfide) groups is 1. The van der Waals surface area contributed by atoms with Gasteiger partial charge in [0.25, 0.3) is 5.56 Å². The van der Waals surface area contributed by atoms with Gasteiger partial charge < -0.3 is 9.84 Å². The van der Waals surface area contributed by atoms with Gasteiger partial charge in [-0.2, -0.15) is 0 Å². The van der Waals surface area contributed by atoms with Crippen molar-refractivity contribution in [3.8, 4) is 11.4 Å². The van der Waals surface area contributed by atoms with Crippen LogP contribution >= 0.6 is 11.8 Å². The van der Waals surface area contributed by atoms with Crippen LogP contribution in [-0.2, 0) is 0 Å². The zero-order valence-electron chi connectivity index (χ0n) is 16.6. The lowest BCUT2D eigenvalue weighted by Crippen LogP contribution is -2.24. The molecule has 30 heavy (non-hydrogen) atoms. The van der Waals surface area contributed by atoms with Gasteiger partial charge in [-0.3, -0.25) is 9.36 Å². The summed E-state index contributed by atoms with van der Waals surface area (Å²) in [5.41, 5.74) is 2.38. The lowest BCUT2D eigenvalue weighted by molar-refractivity contribution is 0.126. The molecule has 0 saturated carbocycles. The second kappa shape index (κ2) is 9.15. The zero-order valence-corrected chi connectivity index (χ0v) is 17.4. The van der Waals surface area contributed by atoms with Crippen LogP contribution in [0.2, 0.25) is 0 Å². The van der Waals surface area contributed by atoms with E-state index in [0.29, 0.717) is 27.6 Å². The third kappa shape index (κ3) is 4.56. The summed E-state index contributed by atoms with van der Waals surface area (Å²) < 4.78 is 7.23. The molecule has 0 aliphatic carbocycles. The molecule has 0 saturated heterocycles. The number of aliphatic hydroxyl groups excluding tert-OH is 1. The van der Waals surface area contributed by atoms with Gasteiger partial charge in [-0.25, -0.2) is 4.98 Å². The lowest BCUT2D eigenvalue weighted by Gasteiger charge is -2.15. The standard InChI is InChI=1S/C24H22N2O3S/c1-17-11-13-18(14-12-17)26-23(28)21-9-5-6-10-22(21)25-24(26)30-16-19(27)15-29-20-7-3-2-4-8-20/h2-14,19,27H,15-16H2,1H3/t19-/m0/s1. The van der Waals surface area contributed by atoms with Gasteiger partial charge in [-0.05, 0) is 43.3 Å². The van der Waals surface area contributed by atoms with Crippen LogP contribution in [-0.4, -0.2) is 33.1 Å². The number of aliphatic hydroxyl groups is 1. The number of ether oxygens (including phenoxy) is 1. The molecule has 0 bridgehead atoms. The molecule has 5 nitrogen and oxygen atoms in total. The van der Waals surface area contributed by atoms with Crippen LogP contribution in [0.1, 0.15) is 5.56 Å². The third-order valence-electron chi connectivity index (χ3n) is 4.63. The molecule has 0 spiro atoms. The number of para-hydroxylation sites is 2. The van der Waals surface area contributed by atoms with Gasteiger partial charge in [0.05, 0.1) is 22.7 Å². The molecule has 0 fully saturated rings. The Kier molecular flexibility index (Phi) is 6.16. The number of aromatic nitrogens is 2. The Morgan fingerprint density at radius 2 is 1.70 bits per heavy atom. The lowest BCUT2D eigenvalue weighted by atomic mass is 10.2.